The van der Waals surface area contributed by atoms with E-state index in [9.17, 15) is 8.94 Å². The highest BCUT2D eigenvalue weighted by atomic mass is 32.2. The highest BCUT2D eigenvalue weighted by molar-refractivity contribution is 7.91. The Morgan fingerprint density at radius 1 is 1.67 bits per heavy atom. The summed E-state index contributed by atoms with van der Waals surface area (Å²) in [6, 6.07) is 0. The molecule has 1 aliphatic heterocycles. The molecule has 0 amide bonds. The van der Waals surface area contributed by atoms with Crippen molar-refractivity contribution in [2.75, 3.05) is 11.5 Å². The molecule has 1 saturated heterocycles. The fraction of sp³-hybridized carbons (Fsp3) is 0.667. The van der Waals surface area contributed by atoms with Crippen molar-refractivity contribution in [2.24, 2.45) is 5.92 Å². The standard InChI is InChI=1S/C6H7FOS/c7-3-1-6-2-4-9(8)5-6/h6H,2,4-5H2. The van der Waals surface area contributed by atoms with Gasteiger partial charge in [-0.1, -0.05) is 17.1 Å². The topological polar surface area (TPSA) is 23.1 Å². The minimum absolute atomic E-state index is 0.0517. The maximum Gasteiger partial charge on any atom is 0.119 e. The average molecular weight is 146 g/mol. The van der Waals surface area contributed by atoms with Crippen LogP contribution in [0.1, 0.15) is 6.42 Å². The molecule has 0 saturated carbocycles. The molecule has 3 heteroatoms. The Morgan fingerprint density at radius 2 is 2.44 bits per heavy atom. The minimum atomic E-state index is -0.724. The molecule has 50 valence electrons. The fourth-order valence-corrected chi connectivity index (χ4v) is 2.27. The molecule has 2 atom stereocenters. The van der Waals surface area contributed by atoms with Gasteiger partial charge in [-0.25, -0.2) is 0 Å². The Balaban J connectivity index is 2.36. The van der Waals surface area contributed by atoms with E-state index in [-0.39, 0.29) is 5.92 Å². The van der Waals surface area contributed by atoms with Crippen molar-refractivity contribution in [1.29, 1.82) is 0 Å². The zero-order valence-electron chi connectivity index (χ0n) is 4.89. The van der Waals surface area contributed by atoms with Gasteiger partial charge in [0.2, 0.25) is 0 Å². The zero-order chi connectivity index (χ0) is 6.69. The molecule has 1 fully saturated rings. The maximum atomic E-state index is 11.3. The van der Waals surface area contributed by atoms with E-state index in [1.165, 1.54) is 6.17 Å². The Bertz CT molecular complexity index is 149. The number of hydrogen-bond acceptors (Lipinski definition) is 1. The summed E-state index contributed by atoms with van der Waals surface area (Å²) in [7, 11) is 0. The van der Waals surface area contributed by atoms with Gasteiger partial charge in [0.15, 0.2) is 0 Å². The van der Waals surface area contributed by atoms with Crippen LogP contribution in [0.3, 0.4) is 0 Å². The first kappa shape index (κ1) is 6.91. The lowest BCUT2D eigenvalue weighted by Crippen LogP contribution is -2.02. The molecule has 1 aliphatic rings. The van der Waals surface area contributed by atoms with Crippen LogP contribution in [0.5, 0.6) is 0 Å². The molecular weight excluding hydrogens is 139 g/mol. The van der Waals surface area contributed by atoms with Gasteiger partial charge in [0.25, 0.3) is 0 Å². The lowest BCUT2D eigenvalue weighted by molar-refractivity contribution is 0.600. The molecule has 2 unspecified atom stereocenters. The van der Waals surface area contributed by atoms with E-state index >= 15 is 0 Å². The Labute approximate surface area is 56.8 Å². The van der Waals surface area contributed by atoms with Crippen molar-refractivity contribution < 1.29 is 8.94 Å². The van der Waals surface area contributed by atoms with E-state index in [2.05, 4.69) is 5.92 Å². The lowest BCUT2D eigenvalue weighted by atomic mass is 10.1. The summed E-state index contributed by atoms with van der Waals surface area (Å²) in [5, 5.41) is 0. The van der Waals surface area contributed by atoms with Crippen LogP contribution in [0.2, 0.25) is 0 Å². The van der Waals surface area contributed by atoms with Crippen molar-refractivity contribution in [2.45, 2.75) is 6.42 Å². The van der Waals surface area contributed by atoms with Crippen LogP contribution in [-0.4, -0.2) is 16.1 Å². The fourth-order valence-electron chi connectivity index (χ4n) is 0.856. The van der Waals surface area contributed by atoms with Crippen LogP contribution >= 0.6 is 0 Å². The predicted molar refractivity (Wildman–Crippen MR) is 34.9 cm³/mol. The Morgan fingerprint density at radius 3 is 2.89 bits per heavy atom. The van der Waals surface area contributed by atoms with Gasteiger partial charge in [-0.2, -0.15) is 0 Å². The monoisotopic (exact) mass is 146 g/mol. The summed E-state index contributed by atoms with van der Waals surface area (Å²) in [4.78, 5) is 0. The average Bonchev–Trinajstić information content (AvgIpc) is 2.17. The molecule has 0 bridgehead atoms. The minimum Gasteiger partial charge on any atom is -0.616 e. The van der Waals surface area contributed by atoms with Crippen molar-refractivity contribution in [3.05, 3.63) is 0 Å². The molecule has 1 nitrogen and oxygen atoms in total. The summed E-state index contributed by atoms with van der Waals surface area (Å²) in [6.45, 7) is 0. The van der Waals surface area contributed by atoms with Crippen LogP contribution < -0.4 is 0 Å². The van der Waals surface area contributed by atoms with Gasteiger partial charge in [0.05, 0.1) is 5.92 Å². The third kappa shape index (κ3) is 1.88. The summed E-state index contributed by atoms with van der Waals surface area (Å²) in [5.41, 5.74) is 0. The second-order valence-electron chi connectivity index (χ2n) is 2.04. The quantitative estimate of drug-likeness (QED) is 0.364. The third-order valence-electron chi connectivity index (χ3n) is 1.34. The smallest absolute Gasteiger partial charge is 0.119 e. The molecule has 9 heavy (non-hydrogen) atoms. The molecule has 0 aromatic carbocycles. The Kier molecular flexibility index (Phi) is 2.38. The first-order chi connectivity index (χ1) is 4.33. The van der Waals surface area contributed by atoms with Crippen LogP contribution in [0.4, 0.5) is 4.39 Å². The molecule has 0 radical (unpaired) electrons. The molecule has 0 aromatic rings. The predicted octanol–water partition coefficient (Wildman–Crippen LogP) is 0.685. The molecule has 0 spiro atoms. The molecule has 1 heterocycles. The first-order valence-corrected chi connectivity index (χ1v) is 4.28. The first-order valence-electron chi connectivity index (χ1n) is 2.79. The lowest BCUT2D eigenvalue weighted by Gasteiger charge is -1.98. The van der Waals surface area contributed by atoms with Gasteiger partial charge < -0.3 is 4.55 Å². The summed E-state index contributed by atoms with van der Waals surface area (Å²) < 4.78 is 22.0. The van der Waals surface area contributed by atoms with E-state index in [1.807, 2.05) is 0 Å². The third-order valence-corrected chi connectivity index (χ3v) is 2.80. The van der Waals surface area contributed by atoms with Crippen LogP contribution in [0, 0.1) is 18.0 Å². The largest absolute Gasteiger partial charge is 0.616 e. The molecule has 1 rings (SSSR count). The van der Waals surface area contributed by atoms with Crippen molar-refractivity contribution in [1.82, 2.24) is 0 Å². The van der Waals surface area contributed by atoms with Crippen LogP contribution in [-0.2, 0) is 11.2 Å². The summed E-state index contributed by atoms with van der Waals surface area (Å²) >= 11 is -0.724. The molecular formula is C6H7FOS. The SMILES string of the molecule is [O-][S+]1CCC(C#CF)C1. The van der Waals surface area contributed by atoms with Crippen molar-refractivity contribution >= 4 is 11.2 Å². The van der Waals surface area contributed by atoms with Gasteiger partial charge >= 0.3 is 0 Å². The number of hydrogen-bond donors (Lipinski definition) is 0. The van der Waals surface area contributed by atoms with E-state index < -0.39 is 11.2 Å². The van der Waals surface area contributed by atoms with Gasteiger partial charge in [-0.3, -0.25) is 0 Å². The van der Waals surface area contributed by atoms with Crippen molar-refractivity contribution in [3.63, 3.8) is 0 Å². The van der Waals surface area contributed by atoms with E-state index in [4.69, 9.17) is 0 Å². The van der Waals surface area contributed by atoms with Gasteiger partial charge in [-0.05, 0) is 0 Å². The number of halogens is 1. The second-order valence-corrected chi connectivity index (χ2v) is 3.66. The Hall–Kier alpha value is -0.200. The molecule has 0 aromatic heterocycles. The molecule has 0 aliphatic carbocycles. The van der Waals surface area contributed by atoms with E-state index in [1.54, 1.807) is 0 Å². The summed E-state index contributed by atoms with van der Waals surface area (Å²) in [6.07, 6.45) is 2.14. The molecule has 0 N–H and O–H groups in total. The normalized spacial score (nSPS) is 33.6. The van der Waals surface area contributed by atoms with E-state index in [0.717, 1.165) is 6.42 Å². The highest BCUT2D eigenvalue weighted by Crippen LogP contribution is 2.16. The maximum absolute atomic E-state index is 11.3. The van der Waals surface area contributed by atoms with Gasteiger partial charge in [0, 0.05) is 6.42 Å². The van der Waals surface area contributed by atoms with Crippen molar-refractivity contribution in [3.8, 4) is 12.1 Å². The van der Waals surface area contributed by atoms with Gasteiger partial charge in [-0.15, -0.1) is 4.39 Å². The zero-order valence-corrected chi connectivity index (χ0v) is 5.71. The highest BCUT2D eigenvalue weighted by Gasteiger charge is 2.24. The van der Waals surface area contributed by atoms with Crippen LogP contribution in [0.15, 0.2) is 0 Å². The number of rotatable bonds is 0. The summed E-state index contributed by atoms with van der Waals surface area (Å²) in [5.74, 6) is 3.68. The second kappa shape index (κ2) is 3.09. The van der Waals surface area contributed by atoms with Gasteiger partial charge in [0.1, 0.15) is 17.7 Å². The van der Waals surface area contributed by atoms with E-state index in [0.29, 0.717) is 11.5 Å². The van der Waals surface area contributed by atoms with Crippen LogP contribution in [0.25, 0.3) is 0 Å².